The van der Waals surface area contributed by atoms with Gasteiger partial charge in [-0.05, 0) is 57.2 Å². The van der Waals surface area contributed by atoms with Gasteiger partial charge in [0.2, 0.25) is 0 Å². The summed E-state index contributed by atoms with van der Waals surface area (Å²) in [7, 11) is 0. The van der Waals surface area contributed by atoms with Crippen LogP contribution in [-0.2, 0) is 4.74 Å². The van der Waals surface area contributed by atoms with Gasteiger partial charge in [-0.1, -0.05) is 12.2 Å². The van der Waals surface area contributed by atoms with Crippen molar-refractivity contribution in [2.24, 2.45) is 5.92 Å². The molecule has 0 saturated carbocycles. The van der Waals surface area contributed by atoms with Gasteiger partial charge in [-0.25, -0.2) is 14.5 Å². The third-order valence-electron chi connectivity index (χ3n) is 4.04. The first kappa shape index (κ1) is 15.5. The number of aromatic nitrogens is 3. The van der Waals surface area contributed by atoms with Gasteiger partial charge < -0.3 is 4.74 Å². The van der Waals surface area contributed by atoms with E-state index in [2.05, 4.69) is 22.2 Å². The van der Waals surface area contributed by atoms with Crippen LogP contribution in [-0.4, -0.2) is 27.3 Å². The Hall–Kier alpha value is -2.43. The van der Waals surface area contributed by atoms with E-state index in [4.69, 9.17) is 4.74 Å². The molecule has 3 rings (SSSR count). The number of hydrogen-bond donors (Lipinski definition) is 0. The van der Waals surface area contributed by atoms with Crippen LogP contribution in [0.3, 0.4) is 0 Å². The van der Waals surface area contributed by atoms with E-state index in [1.807, 2.05) is 19.9 Å². The average molecular weight is 311 g/mol. The Morgan fingerprint density at radius 1 is 1.35 bits per heavy atom. The summed E-state index contributed by atoms with van der Waals surface area (Å²) >= 11 is 0. The molecule has 0 fully saturated rings. The van der Waals surface area contributed by atoms with Crippen molar-refractivity contribution in [1.82, 2.24) is 14.8 Å². The van der Waals surface area contributed by atoms with Crippen LogP contribution in [0.5, 0.6) is 0 Å². The largest absolute Gasteiger partial charge is 0.462 e. The molecule has 5 heteroatoms. The van der Waals surface area contributed by atoms with Crippen LogP contribution in [0.25, 0.3) is 5.82 Å². The molecule has 0 bridgehead atoms. The van der Waals surface area contributed by atoms with E-state index in [9.17, 15) is 4.79 Å². The fourth-order valence-electron chi connectivity index (χ4n) is 2.78. The highest BCUT2D eigenvalue weighted by atomic mass is 16.5. The number of ether oxygens (including phenoxy) is 1. The molecule has 5 nitrogen and oxygen atoms in total. The molecule has 2 aromatic heterocycles. The average Bonchev–Trinajstić information content (AvgIpc) is 2.92. The summed E-state index contributed by atoms with van der Waals surface area (Å²) in [5.74, 6) is 0.822. The van der Waals surface area contributed by atoms with Crippen molar-refractivity contribution in [2.45, 2.75) is 33.1 Å². The van der Waals surface area contributed by atoms with Gasteiger partial charge >= 0.3 is 5.97 Å². The molecule has 0 N–H and O–H groups in total. The smallest absolute Gasteiger partial charge is 0.339 e. The summed E-state index contributed by atoms with van der Waals surface area (Å²) in [4.78, 5) is 16.4. The molecular formula is C18H21N3O2. The molecule has 0 aliphatic heterocycles. The lowest BCUT2D eigenvalue weighted by Gasteiger charge is -2.17. The van der Waals surface area contributed by atoms with Crippen LogP contribution >= 0.6 is 0 Å². The molecule has 1 atom stereocenters. The van der Waals surface area contributed by atoms with Crippen molar-refractivity contribution in [3.05, 3.63) is 53.5 Å². The van der Waals surface area contributed by atoms with Crippen LogP contribution < -0.4 is 0 Å². The van der Waals surface area contributed by atoms with Gasteiger partial charge in [-0.2, -0.15) is 5.10 Å². The predicted octanol–water partition coefficient (Wildman–Crippen LogP) is 3.40. The number of carbonyl (C=O) groups excluding carboxylic acids is 1. The Morgan fingerprint density at radius 2 is 2.22 bits per heavy atom. The lowest BCUT2D eigenvalue weighted by Crippen LogP contribution is -2.15. The first-order chi connectivity index (χ1) is 11.1. The molecule has 2 heterocycles. The fraction of sp³-hybridized carbons (Fsp3) is 0.389. The maximum atomic E-state index is 12.1. The van der Waals surface area contributed by atoms with E-state index < -0.39 is 0 Å². The second kappa shape index (κ2) is 6.77. The van der Waals surface area contributed by atoms with Crippen molar-refractivity contribution >= 4 is 5.97 Å². The van der Waals surface area contributed by atoms with Crippen LogP contribution in [0.1, 0.15) is 41.0 Å². The highest BCUT2D eigenvalue weighted by molar-refractivity contribution is 5.89. The molecule has 0 spiro atoms. The SMILES string of the molecule is Cc1cc(C)n(-c2ccc(C(=O)OCC3CC=CCC3)cn2)n1. The summed E-state index contributed by atoms with van der Waals surface area (Å²) in [6, 6.07) is 5.52. The zero-order valence-electron chi connectivity index (χ0n) is 13.5. The van der Waals surface area contributed by atoms with Gasteiger partial charge in [0, 0.05) is 11.9 Å². The van der Waals surface area contributed by atoms with E-state index in [1.165, 1.54) is 0 Å². The molecule has 0 aromatic carbocycles. The first-order valence-electron chi connectivity index (χ1n) is 7.95. The maximum absolute atomic E-state index is 12.1. The highest BCUT2D eigenvalue weighted by Gasteiger charge is 2.14. The quantitative estimate of drug-likeness (QED) is 0.641. The third kappa shape index (κ3) is 3.67. The molecule has 23 heavy (non-hydrogen) atoms. The Bertz CT molecular complexity index is 716. The molecule has 1 aliphatic carbocycles. The van der Waals surface area contributed by atoms with Crippen molar-refractivity contribution in [2.75, 3.05) is 6.61 Å². The minimum atomic E-state index is -0.313. The van der Waals surface area contributed by atoms with Gasteiger partial charge in [0.1, 0.15) is 0 Å². The number of allylic oxidation sites excluding steroid dienone is 2. The van der Waals surface area contributed by atoms with E-state index >= 15 is 0 Å². The molecule has 1 unspecified atom stereocenters. The minimum absolute atomic E-state index is 0.313. The number of esters is 1. The summed E-state index contributed by atoms with van der Waals surface area (Å²) in [6.07, 6.45) is 9.03. The molecule has 1 aliphatic rings. The van der Waals surface area contributed by atoms with Gasteiger partial charge in [0.25, 0.3) is 0 Å². The predicted molar refractivity (Wildman–Crippen MR) is 87.6 cm³/mol. The maximum Gasteiger partial charge on any atom is 0.339 e. The van der Waals surface area contributed by atoms with E-state index in [-0.39, 0.29) is 5.97 Å². The number of rotatable bonds is 4. The normalized spacial score (nSPS) is 17.2. The highest BCUT2D eigenvalue weighted by Crippen LogP contribution is 2.19. The monoisotopic (exact) mass is 311 g/mol. The number of aryl methyl sites for hydroxylation is 2. The van der Waals surface area contributed by atoms with Gasteiger partial charge in [-0.15, -0.1) is 0 Å². The molecule has 0 amide bonds. The number of pyridine rings is 1. The van der Waals surface area contributed by atoms with Crippen LogP contribution in [0.15, 0.2) is 36.5 Å². The summed E-state index contributed by atoms with van der Waals surface area (Å²) in [5, 5.41) is 4.38. The second-order valence-electron chi connectivity index (χ2n) is 5.99. The summed E-state index contributed by atoms with van der Waals surface area (Å²) in [6.45, 7) is 4.39. The van der Waals surface area contributed by atoms with Crippen LogP contribution in [0.4, 0.5) is 0 Å². The number of carbonyl (C=O) groups is 1. The Kier molecular flexibility index (Phi) is 4.55. The molecule has 0 saturated heterocycles. The van der Waals surface area contributed by atoms with Crippen molar-refractivity contribution in [3.63, 3.8) is 0 Å². The van der Waals surface area contributed by atoms with E-state index in [1.54, 1.807) is 23.0 Å². The molecular weight excluding hydrogens is 290 g/mol. The van der Waals surface area contributed by atoms with Gasteiger partial charge in [0.15, 0.2) is 5.82 Å². The van der Waals surface area contributed by atoms with Crippen molar-refractivity contribution in [3.8, 4) is 5.82 Å². The Balaban J connectivity index is 1.63. The number of nitrogens with zero attached hydrogens (tertiary/aromatic N) is 3. The van der Waals surface area contributed by atoms with Crippen molar-refractivity contribution in [1.29, 1.82) is 0 Å². The zero-order valence-corrected chi connectivity index (χ0v) is 13.5. The lowest BCUT2D eigenvalue weighted by molar-refractivity contribution is 0.0432. The topological polar surface area (TPSA) is 57.0 Å². The number of hydrogen-bond acceptors (Lipinski definition) is 4. The van der Waals surface area contributed by atoms with E-state index in [0.717, 1.165) is 30.7 Å². The lowest BCUT2D eigenvalue weighted by atomic mass is 9.95. The molecule has 120 valence electrons. The standard InChI is InChI=1S/C18H21N3O2/c1-13-10-14(2)21(20-13)17-9-8-16(11-19-17)18(22)23-12-15-6-4-3-5-7-15/h3-4,8-11,15H,5-7,12H2,1-2H3. The summed E-state index contributed by atoms with van der Waals surface area (Å²) < 4.78 is 7.17. The zero-order chi connectivity index (χ0) is 16.2. The minimum Gasteiger partial charge on any atom is -0.462 e. The Morgan fingerprint density at radius 3 is 2.83 bits per heavy atom. The van der Waals surface area contributed by atoms with E-state index in [0.29, 0.717) is 23.9 Å². The molecule has 2 aromatic rings. The molecule has 0 radical (unpaired) electrons. The van der Waals surface area contributed by atoms with Crippen LogP contribution in [0.2, 0.25) is 0 Å². The van der Waals surface area contributed by atoms with Crippen molar-refractivity contribution < 1.29 is 9.53 Å². The third-order valence-corrected chi connectivity index (χ3v) is 4.04. The van der Waals surface area contributed by atoms with Crippen LogP contribution in [0, 0.1) is 19.8 Å². The second-order valence-corrected chi connectivity index (χ2v) is 5.99. The Labute approximate surface area is 136 Å². The van der Waals surface area contributed by atoms with Gasteiger partial charge in [-0.3, -0.25) is 0 Å². The first-order valence-corrected chi connectivity index (χ1v) is 7.95. The summed E-state index contributed by atoms with van der Waals surface area (Å²) in [5.41, 5.74) is 2.42. The fourth-order valence-corrected chi connectivity index (χ4v) is 2.78. The van der Waals surface area contributed by atoms with Gasteiger partial charge in [0.05, 0.1) is 17.9 Å².